The van der Waals surface area contributed by atoms with E-state index in [0.717, 1.165) is 18.4 Å². The summed E-state index contributed by atoms with van der Waals surface area (Å²) in [5.74, 6) is -1.21. The summed E-state index contributed by atoms with van der Waals surface area (Å²) in [6, 6.07) is 13.5. The van der Waals surface area contributed by atoms with Crippen LogP contribution in [-0.2, 0) is 11.2 Å². The fourth-order valence-electron chi connectivity index (χ4n) is 3.31. The smallest absolute Gasteiger partial charge is 0.256 e. The van der Waals surface area contributed by atoms with Crippen LogP contribution in [0.1, 0.15) is 28.8 Å². The van der Waals surface area contributed by atoms with E-state index in [0.29, 0.717) is 31.1 Å². The van der Waals surface area contributed by atoms with Crippen LogP contribution in [0.25, 0.3) is 0 Å². The Morgan fingerprint density at radius 1 is 1.15 bits per heavy atom. The van der Waals surface area contributed by atoms with Crippen molar-refractivity contribution in [3.05, 3.63) is 70.5 Å². The summed E-state index contributed by atoms with van der Waals surface area (Å²) in [6.45, 7) is 1.39. The van der Waals surface area contributed by atoms with E-state index in [4.69, 9.17) is 11.6 Å². The molecule has 1 aliphatic rings. The highest BCUT2D eigenvalue weighted by molar-refractivity contribution is 6.30. The maximum Gasteiger partial charge on any atom is 0.256 e. The maximum absolute atomic E-state index is 13.9. The van der Waals surface area contributed by atoms with Crippen LogP contribution < -0.4 is 5.32 Å². The lowest BCUT2D eigenvalue weighted by molar-refractivity contribution is -0.126. The number of halogens is 2. The first-order chi connectivity index (χ1) is 13.0. The molecular formula is C21H22ClFN2O2. The van der Waals surface area contributed by atoms with Gasteiger partial charge in [0.05, 0.1) is 11.5 Å². The molecule has 4 nitrogen and oxygen atoms in total. The number of piperidine rings is 1. The fraction of sp³-hybridized carbons (Fsp3) is 0.333. The number of amides is 2. The third-order valence-corrected chi connectivity index (χ3v) is 5.06. The molecule has 27 heavy (non-hydrogen) atoms. The van der Waals surface area contributed by atoms with Crippen molar-refractivity contribution in [2.45, 2.75) is 19.3 Å². The molecule has 0 aromatic heterocycles. The average molecular weight is 389 g/mol. The van der Waals surface area contributed by atoms with Gasteiger partial charge in [0, 0.05) is 24.7 Å². The minimum atomic E-state index is -0.531. The van der Waals surface area contributed by atoms with Gasteiger partial charge in [-0.05, 0) is 49.1 Å². The van der Waals surface area contributed by atoms with E-state index in [-0.39, 0.29) is 23.3 Å². The van der Waals surface area contributed by atoms with E-state index in [1.54, 1.807) is 17.0 Å². The number of hydrogen-bond donors (Lipinski definition) is 1. The number of nitrogens with one attached hydrogen (secondary N) is 1. The van der Waals surface area contributed by atoms with Crippen LogP contribution in [0.3, 0.4) is 0 Å². The Hall–Kier alpha value is -2.40. The van der Waals surface area contributed by atoms with Crippen molar-refractivity contribution >= 4 is 23.4 Å². The second kappa shape index (κ2) is 9.00. The Morgan fingerprint density at radius 3 is 2.63 bits per heavy atom. The van der Waals surface area contributed by atoms with Crippen LogP contribution in [-0.4, -0.2) is 36.3 Å². The first-order valence-electron chi connectivity index (χ1n) is 9.10. The Labute approximate surface area is 163 Å². The molecule has 0 aliphatic carbocycles. The fourth-order valence-corrected chi connectivity index (χ4v) is 3.43. The van der Waals surface area contributed by atoms with Crippen LogP contribution in [0.15, 0.2) is 48.5 Å². The predicted octanol–water partition coefficient (Wildman–Crippen LogP) is 3.69. The lowest BCUT2D eigenvalue weighted by atomic mass is 9.96. The normalized spacial score (nSPS) is 16.8. The number of carbonyl (C=O) groups is 2. The highest BCUT2D eigenvalue weighted by Gasteiger charge is 2.29. The van der Waals surface area contributed by atoms with Gasteiger partial charge in [-0.25, -0.2) is 4.39 Å². The molecule has 0 bridgehead atoms. The minimum absolute atomic E-state index is 0.0568. The molecule has 0 spiro atoms. The SMILES string of the molecule is O=C(NCCc1ccc(Cl)cc1)[C@H]1CCCN(C(=O)c2ccccc2F)C1. The Kier molecular flexibility index (Phi) is 6.45. The van der Waals surface area contributed by atoms with Gasteiger partial charge >= 0.3 is 0 Å². The Morgan fingerprint density at radius 2 is 1.89 bits per heavy atom. The summed E-state index contributed by atoms with van der Waals surface area (Å²) in [5.41, 5.74) is 1.15. The molecule has 1 fully saturated rings. The summed E-state index contributed by atoms with van der Waals surface area (Å²) >= 11 is 5.87. The van der Waals surface area contributed by atoms with Gasteiger partial charge in [-0.3, -0.25) is 9.59 Å². The number of nitrogens with zero attached hydrogens (tertiary/aromatic N) is 1. The van der Waals surface area contributed by atoms with Gasteiger partial charge in [-0.2, -0.15) is 0 Å². The molecule has 3 rings (SSSR count). The predicted molar refractivity (Wildman–Crippen MR) is 103 cm³/mol. The number of benzene rings is 2. The van der Waals surface area contributed by atoms with Gasteiger partial charge < -0.3 is 10.2 Å². The Balaban J connectivity index is 1.52. The maximum atomic E-state index is 13.9. The highest BCUT2D eigenvalue weighted by Crippen LogP contribution is 2.20. The summed E-state index contributed by atoms with van der Waals surface area (Å²) in [5, 5.41) is 3.63. The van der Waals surface area contributed by atoms with Gasteiger partial charge in [0.1, 0.15) is 5.82 Å². The van der Waals surface area contributed by atoms with Crippen LogP contribution in [0.5, 0.6) is 0 Å². The molecule has 0 unspecified atom stereocenters. The molecule has 1 saturated heterocycles. The standard InChI is InChI=1S/C21H22ClFN2O2/c22-17-9-7-15(8-10-17)11-12-24-20(26)16-4-3-13-25(14-16)21(27)18-5-1-2-6-19(18)23/h1-2,5-10,16H,3-4,11-14H2,(H,24,26)/t16-/m0/s1. The number of hydrogen-bond acceptors (Lipinski definition) is 2. The van der Waals surface area contributed by atoms with Crippen molar-refractivity contribution in [3.63, 3.8) is 0 Å². The number of rotatable bonds is 5. The van der Waals surface area contributed by atoms with Crippen molar-refractivity contribution in [2.24, 2.45) is 5.92 Å². The van der Waals surface area contributed by atoms with E-state index >= 15 is 0 Å². The first-order valence-corrected chi connectivity index (χ1v) is 9.48. The van der Waals surface area contributed by atoms with Gasteiger partial charge in [0.2, 0.25) is 5.91 Å². The molecule has 142 valence electrons. The van der Waals surface area contributed by atoms with Gasteiger partial charge in [0.15, 0.2) is 0 Å². The van der Waals surface area contributed by atoms with Gasteiger partial charge in [-0.15, -0.1) is 0 Å². The van der Waals surface area contributed by atoms with Crippen molar-refractivity contribution in [1.29, 1.82) is 0 Å². The summed E-state index contributed by atoms with van der Waals surface area (Å²) in [7, 11) is 0. The lowest BCUT2D eigenvalue weighted by Gasteiger charge is -2.32. The quantitative estimate of drug-likeness (QED) is 0.849. The van der Waals surface area contributed by atoms with E-state index in [9.17, 15) is 14.0 Å². The van der Waals surface area contributed by atoms with E-state index in [1.165, 1.54) is 12.1 Å². The summed E-state index contributed by atoms with van der Waals surface area (Å²) in [4.78, 5) is 26.6. The van der Waals surface area contributed by atoms with Crippen molar-refractivity contribution in [2.75, 3.05) is 19.6 Å². The van der Waals surface area contributed by atoms with Crippen molar-refractivity contribution in [1.82, 2.24) is 10.2 Å². The largest absolute Gasteiger partial charge is 0.355 e. The van der Waals surface area contributed by atoms with Crippen LogP contribution in [0, 0.1) is 11.7 Å². The number of likely N-dealkylation sites (tertiary alicyclic amines) is 1. The minimum Gasteiger partial charge on any atom is -0.355 e. The topological polar surface area (TPSA) is 49.4 Å². The zero-order valence-corrected chi connectivity index (χ0v) is 15.7. The van der Waals surface area contributed by atoms with Gasteiger partial charge in [0.25, 0.3) is 5.91 Å². The molecule has 1 atom stereocenters. The van der Waals surface area contributed by atoms with Crippen molar-refractivity contribution < 1.29 is 14.0 Å². The first kappa shape index (κ1) is 19.4. The molecule has 1 aliphatic heterocycles. The second-order valence-corrected chi connectivity index (χ2v) is 7.17. The third-order valence-electron chi connectivity index (χ3n) is 4.81. The van der Waals surface area contributed by atoms with E-state index in [1.807, 2.05) is 24.3 Å². The highest BCUT2D eigenvalue weighted by atomic mass is 35.5. The number of carbonyl (C=O) groups excluding carboxylic acids is 2. The summed E-state index contributed by atoms with van der Waals surface area (Å²) in [6.07, 6.45) is 2.18. The van der Waals surface area contributed by atoms with Crippen LogP contribution in [0.4, 0.5) is 4.39 Å². The van der Waals surface area contributed by atoms with Crippen LogP contribution >= 0.6 is 11.6 Å². The van der Waals surface area contributed by atoms with E-state index in [2.05, 4.69) is 5.32 Å². The zero-order chi connectivity index (χ0) is 19.2. The zero-order valence-electron chi connectivity index (χ0n) is 15.0. The molecule has 2 aromatic rings. The molecule has 1 N–H and O–H groups in total. The molecule has 6 heteroatoms. The molecule has 2 amide bonds. The Bertz CT molecular complexity index is 810. The van der Waals surface area contributed by atoms with Gasteiger partial charge in [-0.1, -0.05) is 35.9 Å². The monoisotopic (exact) mass is 388 g/mol. The second-order valence-electron chi connectivity index (χ2n) is 6.74. The summed E-state index contributed by atoms with van der Waals surface area (Å²) < 4.78 is 13.9. The lowest BCUT2D eigenvalue weighted by Crippen LogP contribution is -2.46. The molecule has 2 aromatic carbocycles. The molecule has 0 saturated carbocycles. The molecule has 1 heterocycles. The van der Waals surface area contributed by atoms with Crippen molar-refractivity contribution in [3.8, 4) is 0 Å². The third kappa shape index (κ3) is 5.07. The van der Waals surface area contributed by atoms with E-state index < -0.39 is 5.82 Å². The van der Waals surface area contributed by atoms with Crippen LogP contribution in [0.2, 0.25) is 5.02 Å². The molecule has 0 radical (unpaired) electrons. The molecular weight excluding hydrogens is 367 g/mol. The average Bonchev–Trinajstić information content (AvgIpc) is 2.69.